The molecule has 0 unspecified atom stereocenters. The van der Waals surface area contributed by atoms with Crippen LogP contribution in [0.15, 0.2) is 46.1 Å². The highest BCUT2D eigenvalue weighted by Crippen LogP contribution is 2.31. The SMILES string of the molecule is Cc1ccc(F)c(NS(=O)(=O)c2cc(-c3ccnn3C(C)C)cs2)c1. The monoisotopic (exact) mass is 379 g/mol. The van der Waals surface area contributed by atoms with E-state index in [9.17, 15) is 12.8 Å². The van der Waals surface area contributed by atoms with E-state index in [2.05, 4.69) is 9.82 Å². The Morgan fingerprint density at radius 3 is 2.72 bits per heavy atom. The molecule has 0 atom stereocenters. The maximum absolute atomic E-state index is 13.9. The summed E-state index contributed by atoms with van der Waals surface area (Å²) in [5, 5.41) is 6.02. The van der Waals surface area contributed by atoms with Crippen molar-refractivity contribution >= 4 is 27.0 Å². The lowest BCUT2D eigenvalue weighted by Gasteiger charge is -2.09. The molecule has 0 aliphatic carbocycles. The number of thiophene rings is 1. The molecule has 132 valence electrons. The smallest absolute Gasteiger partial charge is 0.271 e. The van der Waals surface area contributed by atoms with Gasteiger partial charge in [-0.15, -0.1) is 11.3 Å². The fourth-order valence-electron chi connectivity index (χ4n) is 2.46. The van der Waals surface area contributed by atoms with Crippen molar-refractivity contribution in [2.75, 3.05) is 4.72 Å². The average Bonchev–Trinajstić information content (AvgIpc) is 3.18. The normalized spacial score (nSPS) is 11.9. The van der Waals surface area contributed by atoms with Crippen LogP contribution in [0.2, 0.25) is 0 Å². The highest BCUT2D eigenvalue weighted by atomic mass is 32.2. The van der Waals surface area contributed by atoms with Crippen LogP contribution >= 0.6 is 11.3 Å². The van der Waals surface area contributed by atoms with Crippen LogP contribution < -0.4 is 4.72 Å². The molecule has 5 nitrogen and oxygen atoms in total. The van der Waals surface area contributed by atoms with Crippen molar-refractivity contribution in [3.05, 3.63) is 53.3 Å². The Hall–Kier alpha value is -2.19. The molecule has 2 heterocycles. The molecule has 0 saturated carbocycles. The lowest BCUT2D eigenvalue weighted by atomic mass is 10.2. The van der Waals surface area contributed by atoms with Gasteiger partial charge in [0.2, 0.25) is 0 Å². The van der Waals surface area contributed by atoms with E-state index in [1.54, 1.807) is 30.6 Å². The third-order valence-electron chi connectivity index (χ3n) is 3.66. The van der Waals surface area contributed by atoms with Crippen LogP contribution in [0, 0.1) is 12.7 Å². The first kappa shape index (κ1) is 17.6. The van der Waals surface area contributed by atoms with Gasteiger partial charge in [0.25, 0.3) is 10.0 Å². The number of nitrogens with one attached hydrogen (secondary N) is 1. The number of halogens is 1. The van der Waals surface area contributed by atoms with E-state index in [1.165, 1.54) is 12.1 Å². The Morgan fingerprint density at radius 1 is 1.24 bits per heavy atom. The average molecular weight is 379 g/mol. The van der Waals surface area contributed by atoms with Gasteiger partial charge in [0.05, 0.1) is 11.4 Å². The van der Waals surface area contributed by atoms with Gasteiger partial charge in [0.1, 0.15) is 10.0 Å². The van der Waals surface area contributed by atoms with Crippen molar-refractivity contribution in [1.29, 1.82) is 0 Å². The van der Waals surface area contributed by atoms with E-state index in [0.717, 1.165) is 28.2 Å². The van der Waals surface area contributed by atoms with Crippen molar-refractivity contribution in [2.24, 2.45) is 0 Å². The quantitative estimate of drug-likeness (QED) is 0.713. The first-order valence-electron chi connectivity index (χ1n) is 7.69. The Bertz CT molecular complexity index is 1010. The van der Waals surface area contributed by atoms with Crippen LogP contribution in [0.25, 0.3) is 11.3 Å². The number of rotatable bonds is 5. The third kappa shape index (κ3) is 3.59. The molecule has 0 amide bonds. The van der Waals surface area contributed by atoms with E-state index in [1.807, 2.05) is 24.6 Å². The van der Waals surface area contributed by atoms with Crippen molar-refractivity contribution in [3.8, 4) is 11.3 Å². The lowest BCUT2D eigenvalue weighted by Crippen LogP contribution is -2.12. The van der Waals surface area contributed by atoms with Crippen LogP contribution in [-0.2, 0) is 10.0 Å². The largest absolute Gasteiger partial charge is 0.276 e. The summed E-state index contributed by atoms with van der Waals surface area (Å²) in [7, 11) is -3.86. The summed E-state index contributed by atoms with van der Waals surface area (Å²) in [6.07, 6.45) is 1.68. The Kier molecular flexibility index (Phi) is 4.66. The number of anilines is 1. The topological polar surface area (TPSA) is 64.0 Å². The number of aromatic nitrogens is 2. The van der Waals surface area contributed by atoms with Gasteiger partial charge in [-0.2, -0.15) is 5.10 Å². The third-order valence-corrected chi connectivity index (χ3v) is 6.47. The maximum Gasteiger partial charge on any atom is 0.271 e. The van der Waals surface area contributed by atoms with Gasteiger partial charge in [0, 0.05) is 23.2 Å². The second kappa shape index (κ2) is 6.61. The van der Waals surface area contributed by atoms with Gasteiger partial charge >= 0.3 is 0 Å². The number of sulfonamides is 1. The summed E-state index contributed by atoms with van der Waals surface area (Å²) in [6, 6.07) is 7.87. The number of nitrogens with zero attached hydrogens (tertiary/aromatic N) is 2. The molecular formula is C17H18FN3O2S2. The standard InChI is InChI=1S/C17H18FN3O2S2/c1-11(2)21-16(6-7-19-21)13-9-17(24-10-13)25(22,23)20-15-8-12(3)4-5-14(15)18/h4-11,20H,1-3H3. The number of hydrogen-bond acceptors (Lipinski definition) is 4. The summed E-state index contributed by atoms with van der Waals surface area (Å²) in [4.78, 5) is 0. The van der Waals surface area contributed by atoms with Crippen molar-refractivity contribution < 1.29 is 12.8 Å². The summed E-state index contributed by atoms with van der Waals surface area (Å²) in [6.45, 7) is 5.78. The van der Waals surface area contributed by atoms with Crippen molar-refractivity contribution in [3.63, 3.8) is 0 Å². The second-order valence-corrected chi connectivity index (χ2v) is 8.82. The zero-order chi connectivity index (χ0) is 18.2. The van der Waals surface area contributed by atoms with Gasteiger partial charge in [-0.05, 0) is 50.6 Å². The predicted molar refractivity (Wildman–Crippen MR) is 97.9 cm³/mol. The van der Waals surface area contributed by atoms with E-state index in [-0.39, 0.29) is 15.9 Å². The second-order valence-electron chi connectivity index (χ2n) is 6.00. The molecule has 0 spiro atoms. The molecule has 25 heavy (non-hydrogen) atoms. The summed E-state index contributed by atoms with van der Waals surface area (Å²) in [5.41, 5.74) is 2.32. The molecule has 0 aliphatic rings. The molecule has 0 radical (unpaired) electrons. The molecule has 0 fully saturated rings. The maximum atomic E-state index is 13.9. The fourth-order valence-corrected chi connectivity index (χ4v) is 4.69. The Balaban J connectivity index is 1.93. The van der Waals surface area contributed by atoms with Crippen LogP contribution in [0.5, 0.6) is 0 Å². The van der Waals surface area contributed by atoms with E-state index in [0.29, 0.717) is 0 Å². The highest BCUT2D eigenvalue weighted by molar-refractivity contribution is 7.94. The van der Waals surface area contributed by atoms with E-state index < -0.39 is 15.8 Å². The minimum atomic E-state index is -3.86. The molecule has 1 N–H and O–H groups in total. The lowest BCUT2D eigenvalue weighted by molar-refractivity contribution is 0.538. The van der Waals surface area contributed by atoms with Gasteiger partial charge in [-0.1, -0.05) is 6.07 Å². The van der Waals surface area contributed by atoms with Gasteiger partial charge in [0.15, 0.2) is 0 Å². The molecule has 1 aromatic carbocycles. The first-order valence-corrected chi connectivity index (χ1v) is 10.1. The number of aryl methyl sites for hydroxylation is 1. The minimum Gasteiger partial charge on any atom is -0.276 e. The summed E-state index contributed by atoms with van der Waals surface area (Å²) >= 11 is 1.09. The molecule has 0 saturated heterocycles. The Morgan fingerprint density at radius 2 is 2.00 bits per heavy atom. The van der Waals surface area contributed by atoms with Gasteiger partial charge in [-0.3, -0.25) is 9.40 Å². The molecule has 2 aromatic heterocycles. The van der Waals surface area contributed by atoms with E-state index in [4.69, 9.17) is 0 Å². The van der Waals surface area contributed by atoms with E-state index >= 15 is 0 Å². The molecule has 3 rings (SSSR count). The molecule has 0 bridgehead atoms. The van der Waals surface area contributed by atoms with Gasteiger partial charge in [-0.25, -0.2) is 12.8 Å². The molecule has 8 heteroatoms. The number of hydrogen-bond donors (Lipinski definition) is 1. The van der Waals surface area contributed by atoms with Crippen LogP contribution in [0.4, 0.5) is 10.1 Å². The highest BCUT2D eigenvalue weighted by Gasteiger charge is 2.20. The molecular weight excluding hydrogens is 361 g/mol. The molecule has 0 aliphatic heterocycles. The zero-order valence-electron chi connectivity index (χ0n) is 14.0. The Labute approximate surface area is 150 Å². The summed E-state index contributed by atoms with van der Waals surface area (Å²) in [5.74, 6) is -0.608. The fraction of sp³-hybridized carbons (Fsp3) is 0.235. The van der Waals surface area contributed by atoms with Crippen molar-refractivity contribution in [2.45, 2.75) is 31.0 Å². The van der Waals surface area contributed by atoms with Crippen LogP contribution in [0.1, 0.15) is 25.5 Å². The van der Waals surface area contributed by atoms with Crippen molar-refractivity contribution in [1.82, 2.24) is 9.78 Å². The predicted octanol–water partition coefficient (Wildman–Crippen LogP) is 4.44. The van der Waals surface area contributed by atoms with Gasteiger partial charge < -0.3 is 0 Å². The molecule has 3 aromatic rings. The number of benzene rings is 1. The van der Waals surface area contributed by atoms with Crippen LogP contribution in [-0.4, -0.2) is 18.2 Å². The summed E-state index contributed by atoms with van der Waals surface area (Å²) < 4.78 is 43.3. The van der Waals surface area contributed by atoms with Crippen LogP contribution in [0.3, 0.4) is 0 Å². The minimum absolute atomic E-state index is 0.0535. The zero-order valence-corrected chi connectivity index (χ0v) is 15.7. The first-order chi connectivity index (χ1) is 11.8.